The van der Waals surface area contributed by atoms with Gasteiger partial charge in [-0.05, 0) is 22.6 Å². The molecule has 4 nitrogen and oxygen atoms in total. The van der Waals surface area contributed by atoms with Gasteiger partial charge in [-0.1, -0.05) is 0 Å². The lowest BCUT2D eigenvalue weighted by molar-refractivity contribution is 0.0601. The zero-order valence-electron chi connectivity index (χ0n) is 6.37. The maximum absolute atomic E-state index is 11.0. The highest BCUT2D eigenvalue weighted by Gasteiger charge is 2.11. The first kappa shape index (κ1) is 9.24. The van der Waals surface area contributed by atoms with Crippen LogP contribution in [0.25, 0.3) is 0 Å². The average Bonchev–Trinajstić information content (AvgIpc) is 2.08. The number of esters is 1. The number of methoxy groups -OCH3 is 1. The van der Waals surface area contributed by atoms with Gasteiger partial charge in [-0.25, -0.2) is 4.79 Å². The Labute approximate surface area is 83.3 Å². The van der Waals surface area contributed by atoms with Gasteiger partial charge >= 0.3 is 5.97 Å². The molecule has 64 valence electrons. The predicted molar refractivity (Wildman–Crippen MR) is 52.7 cm³/mol. The van der Waals surface area contributed by atoms with Gasteiger partial charge in [0.05, 0.1) is 16.4 Å². The van der Waals surface area contributed by atoms with Crippen molar-refractivity contribution in [3.63, 3.8) is 0 Å². The first-order valence-corrected chi connectivity index (χ1v) is 4.22. The van der Waals surface area contributed by atoms with Crippen molar-refractivity contribution < 1.29 is 9.53 Å². The van der Waals surface area contributed by atoms with Crippen LogP contribution in [-0.2, 0) is 4.74 Å². The van der Waals surface area contributed by atoms with Crippen LogP contribution in [-0.4, -0.2) is 18.1 Å². The third-order valence-electron chi connectivity index (χ3n) is 1.34. The summed E-state index contributed by atoms with van der Waals surface area (Å²) < 4.78 is 5.26. The van der Waals surface area contributed by atoms with Gasteiger partial charge in [0.2, 0.25) is 0 Å². The maximum Gasteiger partial charge on any atom is 0.341 e. The molecule has 0 aromatic carbocycles. The van der Waals surface area contributed by atoms with Crippen molar-refractivity contribution >= 4 is 34.2 Å². The standard InChI is InChI=1S/C7H7IN2O2/c1-12-7(11)4-2-10-3-5(8)6(4)9/h2-3H,1H3,(H2,9,10). The molecule has 2 N–H and O–H groups in total. The molecule has 0 atom stereocenters. The fraction of sp³-hybridized carbons (Fsp3) is 0.143. The Morgan fingerprint density at radius 2 is 2.33 bits per heavy atom. The molecule has 0 amide bonds. The van der Waals surface area contributed by atoms with E-state index in [1.165, 1.54) is 13.3 Å². The molecule has 0 bridgehead atoms. The van der Waals surface area contributed by atoms with E-state index in [1.54, 1.807) is 6.20 Å². The van der Waals surface area contributed by atoms with Crippen molar-refractivity contribution in [2.45, 2.75) is 0 Å². The molecule has 12 heavy (non-hydrogen) atoms. The number of aromatic nitrogens is 1. The van der Waals surface area contributed by atoms with Gasteiger partial charge in [0.1, 0.15) is 5.56 Å². The number of carbonyl (C=O) groups is 1. The molecular weight excluding hydrogens is 271 g/mol. The number of anilines is 1. The molecule has 0 radical (unpaired) electrons. The van der Waals surface area contributed by atoms with E-state index < -0.39 is 5.97 Å². The number of hydrogen-bond acceptors (Lipinski definition) is 4. The number of ether oxygens (including phenoxy) is 1. The highest BCUT2D eigenvalue weighted by Crippen LogP contribution is 2.17. The minimum Gasteiger partial charge on any atom is -0.465 e. The third kappa shape index (κ3) is 1.66. The van der Waals surface area contributed by atoms with Crippen LogP contribution in [0.5, 0.6) is 0 Å². The van der Waals surface area contributed by atoms with Crippen LogP contribution in [0.4, 0.5) is 5.69 Å². The molecule has 1 rings (SSSR count). The molecule has 1 heterocycles. The van der Waals surface area contributed by atoms with Gasteiger partial charge in [0.25, 0.3) is 0 Å². The van der Waals surface area contributed by atoms with Crippen LogP contribution < -0.4 is 5.73 Å². The first-order valence-electron chi connectivity index (χ1n) is 3.14. The van der Waals surface area contributed by atoms with E-state index in [-0.39, 0.29) is 0 Å². The lowest BCUT2D eigenvalue weighted by atomic mass is 10.2. The maximum atomic E-state index is 11.0. The zero-order valence-corrected chi connectivity index (χ0v) is 8.53. The number of carbonyl (C=O) groups excluding carboxylic acids is 1. The van der Waals surface area contributed by atoms with Gasteiger partial charge in [0, 0.05) is 12.4 Å². The van der Waals surface area contributed by atoms with Crippen LogP contribution in [0.15, 0.2) is 12.4 Å². The monoisotopic (exact) mass is 278 g/mol. The van der Waals surface area contributed by atoms with Crippen LogP contribution in [0.1, 0.15) is 10.4 Å². The van der Waals surface area contributed by atoms with Gasteiger partial charge in [-0.2, -0.15) is 0 Å². The molecule has 0 saturated carbocycles. The molecule has 0 unspecified atom stereocenters. The summed E-state index contributed by atoms with van der Waals surface area (Å²) in [4.78, 5) is 14.9. The van der Waals surface area contributed by atoms with Crippen molar-refractivity contribution in [1.82, 2.24) is 4.98 Å². The lowest BCUT2D eigenvalue weighted by Gasteiger charge is -2.03. The number of pyridine rings is 1. The second-order valence-corrected chi connectivity index (χ2v) is 3.24. The van der Waals surface area contributed by atoms with Crippen LogP contribution in [0.3, 0.4) is 0 Å². The van der Waals surface area contributed by atoms with E-state index in [2.05, 4.69) is 9.72 Å². The summed E-state index contributed by atoms with van der Waals surface area (Å²) in [6, 6.07) is 0. The fourth-order valence-electron chi connectivity index (χ4n) is 0.718. The highest BCUT2D eigenvalue weighted by molar-refractivity contribution is 14.1. The summed E-state index contributed by atoms with van der Waals surface area (Å²) in [5.74, 6) is -0.460. The summed E-state index contributed by atoms with van der Waals surface area (Å²) in [5, 5.41) is 0. The van der Waals surface area contributed by atoms with E-state index in [1.807, 2.05) is 22.6 Å². The quantitative estimate of drug-likeness (QED) is 0.616. The Balaban J connectivity index is 3.16. The Bertz CT molecular complexity index is 314. The number of nitrogens with zero attached hydrogens (tertiary/aromatic N) is 1. The minimum atomic E-state index is -0.460. The van der Waals surface area contributed by atoms with E-state index >= 15 is 0 Å². The van der Waals surface area contributed by atoms with Crippen molar-refractivity contribution in [2.75, 3.05) is 12.8 Å². The molecule has 1 aromatic heterocycles. The lowest BCUT2D eigenvalue weighted by Crippen LogP contribution is -2.07. The van der Waals surface area contributed by atoms with E-state index in [4.69, 9.17) is 5.73 Å². The van der Waals surface area contributed by atoms with Gasteiger partial charge in [-0.3, -0.25) is 4.98 Å². The van der Waals surface area contributed by atoms with Gasteiger partial charge in [0.15, 0.2) is 0 Å². The molecule has 0 fully saturated rings. The van der Waals surface area contributed by atoms with Crippen molar-refractivity contribution in [3.05, 3.63) is 21.5 Å². The normalized spacial score (nSPS) is 9.50. The molecular formula is C7H7IN2O2. The van der Waals surface area contributed by atoms with Gasteiger partial charge in [-0.15, -0.1) is 0 Å². The number of rotatable bonds is 1. The second-order valence-electron chi connectivity index (χ2n) is 2.07. The summed E-state index contributed by atoms with van der Waals surface area (Å²) in [6.07, 6.45) is 2.98. The fourth-order valence-corrected chi connectivity index (χ4v) is 1.17. The van der Waals surface area contributed by atoms with Crippen LogP contribution in [0, 0.1) is 3.57 Å². The summed E-state index contributed by atoms with van der Waals surface area (Å²) in [6.45, 7) is 0. The highest BCUT2D eigenvalue weighted by atomic mass is 127. The number of hydrogen-bond donors (Lipinski definition) is 1. The summed E-state index contributed by atoms with van der Waals surface area (Å²) >= 11 is 2.00. The number of nitrogens with two attached hydrogens (primary N) is 1. The van der Waals surface area contributed by atoms with Crippen LogP contribution in [0.2, 0.25) is 0 Å². The second kappa shape index (κ2) is 3.70. The van der Waals surface area contributed by atoms with Crippen molar-refractivity contribution in [3.8, 4) is 0 Å². The van der Waals surface area contributed by atoms with Crippen molar-refractivity contribution in [1.29, 1.82) is 0 Å². The molecule has 0 aliphatic carbocycles. The minimum absolute atomic E-state index is 0.310. The van der Waals surface area contributed by atoms with Crippen molar-refractivity contribution in [2.24, 2.45) is 0 Å². The molecule has 0 saturated heterocycles. The third-order valence-corrected chi connectivity index (χ3v) is 2.20. The Morgan fingerprint density at radius 3 is 2.92 bits per heavy atom. The average molecular weight is 278 g/mol. The first-order chi connectivity index (χ1) is 5.66. The van der Waals surface area contributed by atoms with E-state index in [9.17, 15) is 4.79 Å². The van der Waals surface area contributed by atoms with E-state index in [0.717, 1.165) is 3.57 Å². The topological polar surface area (TPSA) is 65.2 Å². The Hall–Kier alpha value is -0.850. The van der Waals surface area contributed by atoms with Gasteiger partial charge < -0.3 is 10.5 Å². The molecule has 5 heteroatoms. The SMILES string of the molecule is COC(=O)c1cncc(I)c1N. The largest absolute Gasteiger partial charge is 0.465 e. The summed E-state index contributed by atoms with van der Waals surface area (Å²) in [7, 11) is 1.31. The molecule has 0 aliphatic rings. The smallest absolute Gasteiger partial charge is 0.341 e. The number of nitrogen functional groups attached to an aromatic ring is 1. The van der Waals surface area contributed by atoms with E-state index in [0.29, 0.717) is 11.3 Å². The predicted octanol–water partition coefficient (Wildman–Crippen LogP) is 1.05. The molecule has 0 spiro atoms. The number of halogens is 1. The molecule has 1 aromatic rings. The summed E-state index contributed by atoms with van der Waals surface area (Å²) in [5.41, 5.74) is 6.33. The molecule has 0 aliphatic heterocycles. The van der Waals surface area contributed by atoms with Crippen LogP contribution >= 0.6 is 22.6 Å². The zero-order chi connectivity index (χ0) is 9.14. The Kier molecular flexibility index (Phi) is 2.85. The Morgan fingerprint density at radius 1 is 1.67 bits per heavy atom.